The van der Waals surface area contributed by atoms with E-state index in [1.165, 1.54) is 0 Å². The second-order valence-electron chi connectivity index (χ2n) is 3.65. The normalized spacial score (nSPS) is 13.9. The summed E-state index contributed by atoms with van der Waals surface area (Å²) >= 11 is 16.9. The van der Waals surface area contributed by atoms with Crippen molar-refractivity contribution in [2.24, 2.45) is 0 Å². The van der Waals surface area contributed by atoms with Crippen LogP contribution in [0.3, 0.4) is 0 Å². The van der Waals surface area contributed by atoms with E-state index in [9.17, 15) is 5.11 Å². The van der Waals surface area contributed by atoms with Gasteiger partial charge in [-0.3, -0.25) is 0 Å². The number of nitrogens with zero attached hydrogens (tertiary/aromatic N) is 2. The van der Waals surface area contributed by atoms with Crippen molar-refractivity contribution in [3.63, 3.8) is 0 Å². The van der Waals surface area contributed by atoms with E-state index < -0.39 is 9.90 Å². The first-order chi connectivity index (χ1) is 7.98. The lowest BCUT2D eigenvalue weighted by molar-refractivity contribution is 0.179. The van der Waals surface area contributed by atoms with Crippen molar-refractivity contribution in [1.29, 1.82) is 0 Å². The molecule has 0 saturated carbocycles. The fourth-order valence-electron chi connectivity index (χ4n) is 1.55. The maximum atomic E-state index is 9.75. The van der Waals surface area contributed by atoms with Crippen molar-refractivity contribution >= 4 is 45.7 Å². The second-order valence-corrected chi connectivity index (χ2v) is 6.02. The van der Waals surface area contributed by atoms with E-state index in [-0.39, 0.29) is 6.42 Å². The number of benzene rings is 1. The minimum Gasteiger partial charge on any atom is -0.388 e. The summed E-state index contributed by atoms with van der Waals surface area (Å²) < 4.78 is -1.70. The lowest BCUT2D eigenvalue weighted by Gasteiger charge is -2.19. The van der Waals surface area contributed by atoms with E-state index in [0.717, 1.165) is 16.5 Å². The first kappa shape index (κ1) is 12.8. The van der Waals surface area contributed by atoms with Gasteiger partial charge in [0.15, 0.2) is 0 Å². The number of halogens is 3. The molecule has 17 heavy (non-hydrogen) atoms. The average Bonchev–Trinajstić information content (AvgIpc) is 2.28. The van der Waals surface area contributed by atoms with Crippen LogP contribution in [0.25, 0.3) is 10.9 Å². The zero-order chi connectivity index (χ0) is 12.5. The Morgan fingerprint density at radius 2 is 1.94 bits per heavy atom. The molecule has 0 fully saturated rings. The summed E-state index contributed by atoms with van der Waals surface area (Å²) in [6, 6.07) is 7.49. The zero-order valence-corrected chi connectivity index (χ0v) is 10.9. The smallest absolute Gasteiger partial charge is 0.216 e. The van der Waals surface area contributed by atoms with E-state index in [0.29, 0.717) is 0 Å². The summed E-state index contributed by atoms with van der Waals surface area (Å²) in [6.07, 6.45) is 0.703. The van der Waals surface area contributed by atoms with Gasteiger partial charge in [0, 0.05) is 11.8 Å². The first-order valence-electron chi connectivity index (χ1n) is 4.92. The van der Waals surface area contributed by atoms with E-state index in [2.05, 4.69) is 10.2 Å². The molecule has 1 atom stereocenters. The highest BCUT2D eigenvalue weighted by Gasteiger charge is 2.31. The van der Waals surface area contributed by atoms with Gasteiger partial charge in [0.05, 0.1) is 11.7 Å². The van der Waals surface area contributed by atoms with Crippen molar-refractivity contribution in [3.05, 3.63) is 36.0 Å². The Balaban J connectivity index is 2.36. The van der Waals surface area contributed by atoms with Crippen LogP contribution in [0, 0.1) is 0 Å². The minimum atomic E-state index is -1.70. The van der Waals surface area contributed by atoms with Crippen molar-refractivity contribution in [2.75, 3.05) is 0 Å². The molecule has 1 heterocycles. The monoisotopic (exact) mass is 290 g/mol. The molecule has 90 valence electrons. The van der Waals surface area contributed by atoms with E-state index in [1.54, 1.807) is 6.20 Å². The highest BCUT2D eigenvalue weighted by molar-refractivity contribution is 6.68. The van der Waals surface area contributed by atoms with Gasteiger partial charge in [-0.05, 0) is 11.6 Å². The average molecular weight is 292 g/mol. The summed E-state index contributed by atoms with van der Waals surface area (Å²) in [6.45, 7) is 0. The fraction of sp³-hybridized carbons (Fsp3) is 0.273. The molecule has 1 aromatic heterocycles. The Hall–Kier alpha value is -0.610. The highest BCUT2D eigenvalue weighted by atomic mass is 35.6. The molecule has 2 aromatic rings. The van der Waals surface area contributed by atoms with Crippen LogP contribution in [0.1, 0.15) is 5.56 Å². The molecule has 0 radical (unpaired) electrons. The van der Waals surface area contributed by atoms with Gasteiger partial charge in [-0.15, -0.1) is 0 Å². The molecule has 1 unspecified atom stereocenters. The third-order valence-electron chi connectivity index (χ3n) is 2.42. The predicted octanol–water partition coefficient (Wildman–Crippen LogP) is 2.90. The Morgan fingerprint density at radius 3 is 2.65 bits per heavy atom. The summed E-state index contributed by atoms with van der Waals surface area (Å²) in [7, 11) is 0. The quantitative estimate of drug-likeness (QED) is 0.865. The number of aliphatic hydroxyl groups is 1. The van der Waals surface area contributed by atoms with Crippen LogP contribution in [-0.4, -0.2) is 25.2 Å². The summed E-state index contributed by atoms with van der Waals surface area (Å²) in [5, 5.41) is 18.5. The Bertz CT molecular complexity index is 522. The van der Waals surface area contributed by atoms with Crippen LogP contribution in [0.2, 0.25) is 0 Å². The number of hydrogen-bond acceptors (Lipinski definition) is 3. The third kappa shape index (κ3) is 2.99. The maximum Gasteiger partial charge on any atom is 0.216 e. The van der Waals surface area contributed by atoms with Crippen molar-refractivity contribution in [1.82, 2.24) is 10.2 Å². The molecule has 0 spiro atoms. The fourth-order valence-corrected chi connectivity index (χ4v) is 1.78. The van der Waals surface area contributed by atoms with Crippen molar-refractivity contribution < 1.29 is 5.11 Å². The lowest BCUT2D eigenvalue weighted by Crippen LogP contribution is -2.27. The van der Waals surface area contributed by atoms with Gasteiger partial charge in [0.1, 0.15) is 6.10 Å². The summed E-state index contributed by atoms with van der Waals surface area (Å²) in [4.78, 5) is 0. The Labute approximate surface area is 113 Å². The molecule has 0 aliphatic rings. The van der Waals surface area contributed by atoms with Gasteiger partial charge in [-0.1, -0.05) is 53.0 Å². The van der Waals surface area contributed by atoms with Gasteiger partial charge in [0.25, 0.3) is 0 Å². The number of aromatic nitrogens is 2. The predicted molar refractivity (Wildman–Crippen MR) is 69.5 cm³/mol. The van der Waals surface area contributed by atoms with Crippen LogP contribution >= 0.6 is 34.8 Å². The van der Waals surface area contributed by atoms with Crippen LogP contribution in [0.5, 0.6) is 0 Å². The first-order valence-corrected chi connectivity index (χ1v) is 6.06. The van der Waals surface area contributed by atoms with E-state index in [1.807, 2.05) is 24.3 Å². The van der Waals surface area contributed by atoms with Crippen LogP contribution in [0.4, 0.5) is 0 Å². The highest BCUT2D eigenvalue weighted by Crippen LogP contribution is 2.32. The van der Waals surface area contributed by atoms with Gasteiger partial charge >= 0.3 is 0 Å². The maximum absolute atomic E-state index is 9.75. The molecule has 3 nitrogen and oxygen atoms in total. The molecule has 6 heteroatoms. The van der Waals surface area contributed by atoms with Crippen LogP contribution in [0.15, 0.2) is 30.5 Å². The number of rotatable bonds is 2. The lowest BCUT2D eigenvalue weighted by atomic mass is 10.1. The Morgan fingerprint density at radius 1 is 1.24 bits per heavy atom. The molecule has 0 amide bonds. The number of hydrogen-bond donors (Lipinski definition) is 1. The molecular formula is C11H9Cl3N2O. The van der Waals surface area contributed by atoms with Crippen LogP contribution < -0.4 is 0 Å². The molecular weight excluding hydrogens is 282 g/mol. The Kier molecular flexibility index (Phi) is 3.73. The number of fused-ring (bicyclic) bond motifs is 1. The molecule has 2 rings (SSSR count). The summed E-state index contributed by atoms with van der Waals surface area (Å²) in [5.41, 5.74) is 1.55. The molecule has 0 aliphatic carbocycles. The van der Waals surface area contributed by atoms with Gasteiger partial charge in [0.2, 0.25) is 3.79 Å². The van der Waals surface area contributed by atoms with Crippen molar-refractivity contribution in [3.8, 4) is 0 Å². The molecule has 1 N–H and O–H groups in total. The van der Waals surface area contributed by atoms with Crippen molar-refractivity contribution in [2.45, 2.75) is 16.3 Å². The largest absolute Gasteiger partial charge is 0.388 e. The molecule has 0 bridgehead atoms. The topological polar surface area (TPSA) is 46.0 Å². The van der Waals surface area contributed by atoms with Gasteiger partial charge in [-0.2, -0.15) is 10.2 Å². The zero-order valence-electron chi connectivity index (χ0n) is 8.65. The molecule has 1 aromatic carbocycles. The third-order valence-corrected chi connectivity index (χ3v) is 3.18. The molecule has 0 saturated heterocycles. The van der Waals surface area contributed by atoms with Crippen LogP contribution in [-0.2, 0) is 6.42 Å². The number of alkyl halides is 3. The second kappa shape index (κ2) is 4.94. The van der Waals surface area contributed by atoms with Gasteiger partial charge in [-0.25, -0.2) is 0 Å². The minimum absolute atomic E-state index is 0.215. The van der Waals surface area contributed by atoms with E-state index >= 15 is 0 Å². The molecule has 0 aliphatic heterocycles. The SMILES string of the molecule is OC(Cc1cnnc2ccccc12)C(Cl)(Cl)Cl. The number of aliphatic hydroxyl groups excluding tert-OH is 1. The van der Waals surface area contributed by atoms with Gasteiger partial charge < -0.3 is 5.11 Å². The summed E-state index contributed by atoms with van der Waals surface area (Å²) in [5.74, 6) is 0. The van der Waals surface area contributed by atoms with E-state index in [4.69, 9.17) is 34.8 Å². The standard InChI is InChI=1S/C11H9Cl3N2O/c12-11(13,14)10(17)5-7-6-15-16-9-4-2-1-3-8(7)9/h1-4,6,10,17H,5H2.